The number of carbonyl (C=O) groups excluding carboxylic acids is 2. The van der Waals surface area contributed by atoms with Crippen molar-refractivity contribution in [3.8, 4) is 0 Å². The third-order valence-corrected chi connectivity index (χ3v) is 6.83. The molecule has 0 fully saturated rings. The molecule has 0 rings (SSSR count). The van der Waals surface area contributed by atoms with E-state index < -0.39 is 20.0 Å². The molecule has 0 aliphatic carbocycles. The lowest BCUT2D eigenvalue weighted by atomic mass is 10.2. The van der Waals surface area contributed by atoms with Crippen LogP contribution in [0.1, 0.15) is 60.8 Å². The SMILES string of the molecule is CO[Si](CCCN(CCC(=O)OC(C)(C)C)CCC(=O)OC(C)(C)C)(OC)OC. The third-order valence-electron chi connectivity index (χ3n) is 3.99. The molecule has 0 aliphatic heterocycles. The van der Waals surface area contributed by atoms with E-state index in [4.69, 9.17) is 22.8 Å². The summed E-state index contributed by atoms with van der Waals surface area (Å²) in [5.74, 6) is -0.511. The standard InChI is InChI=1S/C20H41NO7Si/c1-19(2,3)27-17(22)11-14-21(15-12-18(23)28-20(4,5)6)13-10-16-29(24-7,25-8)26-9/h10-16H2,1-9H3. The van der Waals surface area contributed by atoms with E-state index in [2.05, 4.69) is 4.90 Å². The quantitative estimate of drug-likeness (QED) is 0.322. The van der Waals surface area contributed by atoms with Gasteiger partial charge in [0, 0.05) is 40.5 Å². The van der Waals surface area contributed by atoms with Gasteiger partial charge in [0.1, 0.15) is 11.2 Å². The largest absolute Gasteiger partial charge is 0.500 e. The molecular formula is C20H41NO7Si. The lowest BCUT2D eigenvalue weighted by Crippen LogP contribution is -2.43. The first-order valence-corrected chi connectivity index (χ1v) is 12.0. The highest BCUT2D eigenvalue weighted by Gasteiger charge is 2.37. The maximum Gasteiger partial charge on any atom is 0.500 e. The first kappa shape index (κ1) is 28.0. The van der Waals surface area contributed by atoms with Crippen LogP contribution >= 0.6 is 0 Å². The molecule has 0 unspecified atom stereocenters. The Balaban J connectivity index is 4.78. The second-order valence-electron chi connectivity index (χ2n) is 8.91. The summed E-state index contributed by atoms with van der Waals surface area (Å²) in [6, 6.07) is 0.645. The summed E-state index contributed by atoms with van der Waals surface area (Å²) < 4.78 is 27.1. The summed E-state index contributed by atoms with van der Waals surface area (Å²) >= 11 is 0. The zero-order valence-corrected chi connectivity index (χ0v) is 20.8. The zero-order valence-electron chi connectivity index (χ0n) is 19.8. The first-order chi connectivity index (χ1) is 13.3. The summed E-state index contributed by atoms with van der Waals surface area (Å²) in [4.78, 5) is 26.2. The molecule has 9 heteroatoms. The van der Waals surface area contributed by atoms with E-state index in [1.807, 2.05) is 41.5 Å². The van der Waals surface area contributed by atoms with Crippen molar-refractivity contribution >= 4 is 20.7 Å². The molecule has 0 saturated carbocycles. The molecule has 0 aliphatic rings. The van der Waals surface area contributed by atoms with E-state index >= 15 is 0 Å². The molecular weight excluding hydrogens is 394 g/mol. The van der Waals surface area contributed by atoms with Crippen molar-refractivity contribution in [2.75, 3.05) is 41.0 Å². The Bertz CT molecular complexity index is 456. The van der Waals surface area contributed by atoms with Crippen LogP contribution in [0.4, 0.5) is 0 Å². The number of esters is 2. The van der Waals surface area contributed by atoms with Crippen LogP contribution in [0.2, 0.25) is 6.04 Å². The lowest BCUT2D eigenvalue weighted by molar-refractivity contribution is -0.155. The molecule has 0 aromatic carbocycles. The van der Waals surface area contributed by atoms with Crippen LogP contribution < -0.4 is 0 Å². The van der Waals surface area contributed by atoms with Crippen molar-refractivity contribution in [3.63, 3.8) is 0 Å². The summed E-state index contributed by atoms with van der Waals surface area (Å²) in [5, 5.41) is 0. The van der Waals surface area contributed by atoms with Crippen LogP contribution in [0.5, 0.6) is 0 Å². The average Bonchev–Trinajstić information content (AvgIpc) is 2.58. The molecule has 0 aromatic rings. The topological polar surface area (TPSA) is 83.5 Å². The van der Waals surface area contributed by atoms with Crippen LogP contribution in [-0.4, -0.2) is 77.8 Å². The average molecular weight is 436 g/mol. The summed E-state index contributed by atoms with van der Waals surface area (Å²) in [6.07, 6.45) is 1.27. The molecule has 29 heavy (non-hydrogen) atoms. The van der Waals surface area contributed by atoms with Gasteiger partial charge < -0.3 is 27.7 Å². The fourth-order valence-corrected chi connectivity index (χ4v) is 4.40. The second-order valence-corrected chi connectivity index (χ2v) is 12.0. The molecule has 0 saturated heterocycles. The van der Waals surface area contributed by atoms with Gasteiger partial charge in [0.25, 0.3) is 0 Å². The number of hydrogen-bond acceptors (Lipinski definition) is 8. The van der Waals surface area contributed by atoms with Crippen molar-refractivity contribution in [1.82, 2.24) is 4.90 Å². The molecule has 0 amide bonds. The fourth-order valence-electron chi connectivity index (χ4n) is 2.69. The Morgan fingerprint density at radius 3 is 1.41 bits per heavy atom. The molecule has 0 radical (unpaired) electrons. The summed E-state index contributed by atoms with van der Waals surface area (Å²) in [6.45, 7) is 12.7. The molecule has 0 heterocycles. The van der Waals surface area contributed by atoms with Gasteiger partial charge >= 0.3 is 20.7 Å². The highest BCUT2D eigenvalue weighted by atomic mass is 28.4. The monoisotopic (exact) mass is 435 g/mol. The highest BCUT2D eigenvalue weighted by Crippen LogP contribution is 2.16. The molecule has 8 nitrogen and oxygen atoms in total. The molecule has 172 valence electrons. The maximum atomic E-state index is 12.1. The maximum absolute atomic E-state index is 12.1. The Hall–Kier alpha value is -1.00. The predicted octanol–water partition coefficient (Wildman–Crippen LogP) is 3.02. The zero-order chi connectivity index (χ0) is 22.7. The van der Waals surface area contributed by atoms with Gasteiger partial charge in [-0.15, -0.1) is 0 Å². The summed E-state index contributed by atoms with van der Waals surface area (Å²) in [5.41, 5.74) is -1.03. The Morgan fingerprint density at radius 2 is 1.10 bits per heavy atom. The highest BCUT2D eigenvalue weighted by molar-refractivity contribution is 6.60. The minimum Gasteiger partial charge on any atom is -0.460 e. The number of rotatable bonds is 13. The van der Waals surface area contributed by atoms with Crippen molar-refractivity contribution < 1.29 is 32.3 Å². The van der Waals surface area contributed by atoms with Crippen molar-refractivity contribution in [2.45, 2.75) is 78.1 Å². The Morgan fingerprint density at radius 1 is 0.724 bits per heavy atom. The van der Waals surface area contributed by atoms with Gasteiger partial charge in [-0.1, -0.05) is 0 Å². The van der Waals surface area contributed by atoms with Crippen LogP contribution in [-0.2, 0) is 32.3 Å². The second kappa shape index (κ2) is 12.6. The van der Waals surface area contributed by atoms with Crippen LogP contribution in [0, 0.1) is 0 Å². The van der Waals surface area contributed by atoms with E-state index in [9.17, 15) is 9.59 Å². The molecule has 0 N–H and O–H groups in total. The third kappa shape index (κ3) is 13.8. The van der Waals surface area contributed by atoms with E-state index in [1.54, 1.807) is 21.3 Å². The van der Waals surface area contributed by atoms with Crippen LogP contribution in [0.25, 0.3) is 0 Å². The molecule has 0 atom stereocenters. The van der Waals surface area contributed by atoms with E-state index in [-0.39, 0.29) is 24.8 Å². The molecule has 0 aromatic heterocycles. The van der Waals surface area contributed by atoms with Gasteiger partial charge in [-0.05, 0) is 54.5 Å². The van der Waals surface area contributed by atoms with Crippen molar-refractivity contribution in [2.24, 2.45) is 0 Å². The minimum absolute atomic E-state index is 0.255. The van der Waals surface area contributed by atoms with E-state index in [1.165, 1.54) is 0 Å². The Labute approximate surface area is 177 Å². The Kier molecular flexibility index (Phi) is 12.2. The van der Waals surface area contributed by atoms with E-state index in [0.29, 0.717) is 25.7 Å². The van der Waals surface area contributed by atoms with Gasteiger partial charge in [0.05, 0.1) is 12.8 Å². The fraction of sp³-hybridized carbons (Fsp3) is 0.900. The predicted molar refractivity (Wildman–Crippen MR) is 114 cm³/mol. The first-order valence-electron chi connectivity index (χ1n) is 10.1. The van der Waals surface area contributed by atoms with Gasteiger partial charge in [-0.2, -0.15) is 0 Å². The number of hydrogen-bond donors (Lipinski definition) is 0. The van der Waals surface area contributed by atoms with Crippen molar-refractivity contribution in [3.05, 3.63) is 0 Å². The smallest absolute Gasteiger partial charge is 0.460 e. The van der Waals surface area contributed by atoms with E-state index in [0.717, 1.165) is 6.42 Å². The number of carbonyl (C=O) groups is 2. The normalized spacial score (nSPS) is 12.9. The van der Waals surface area contributed by atoms with Gasteiger partial charge in [0.15, 0.2) is 0 Å². The number of ether oxygens (including phenoxy) is 2. The van der Waals surface area contributed by atoms with Crippen molar-refractivity contribution in [1.29, 1.82) is 0 Å². The van der Waals surface area contributed by atoms with Gasteiger partial charge in [-0.25, -0.2) is 0 Å². The van der Waals surface area contributed by atoms with Crippen LogP contribution in [0.15, 0.2) is 0 Å². The molecule has 0 bridgehead atoms. The summed E-state index contributed by atoms with van der Waals surface area (Å²) in [7, 11) is 2.11. The van der Waals surface area contributed by atoms with Gasteiger partial charge in [-0.3, -0.25) is 9.59 Å². The molecule has 0 spiro atoms. The lowest BCUT2D eigenvalue weighted by Gasteiger charge is -2.27. The van der Waals surface area contributed by atoms with Gasteiger partial charge in [0.2, 0.25) is 0 Å². The number of nitrogens with zero attached hydrogens (tertiary/aromatic N) is 1. The minimum atomic E-state index is -2.65. The van der Waals surface area contributed by atoms with Crippen LogP contribution in [0.3, 0.4) is 0 Å².